The Morgan fingerprint density at radius 3 is 3.07 bits per heavy atom. The molecule has 1 N–H and O–H groups in total. The lowest BCUT2D eigenvalue weighted by atomic mass is 9.94. The number of benzene rings is 1. The minimum absolute atomic E-state index is 0.0551. The number of rotatable bonds is 5. The molecule has 1 aromatic carbocycles. The predicted molar refractivity (Wildman–Crippen MR) is 109 cm³/mol. The summed E-state index contributed by atoms with van der Waals surface area (Å²) in [6.45, 7) is 4.05. The number of piperidine rings is 1. The molecule has 1 unspecified atom stereocenters. The van der Waals surface area contributed by atoms with Gasteiger partial charge in [-0.3, -0.25) is 9.78 Å². The molecule has 7 heteroatoms. The number of amides is 1. The van der Waals surface area contributed by atoms with Crippen molar-refractivity contribution >= 4 is 34.6 Å². The van der Waals surface area contributed by atoms with Crippen molar-refractivity contribution in [2.24, 2.45) is 5.92 Å². The number of pyridine rings is 1. The van der Waals surface area contributed by atoms with E-state index >= 15 is 0 Å². The minimum Gasteiger partial charge on any atom is -0.423 e. The number of carbonyl (C=O) groups excluding carboxylic acids is 1. The van der Waals surface area contributed by atoms with Crippen LogP contribution in [0.5, 0.6) is 0 Å². The Labute approximate surface area is 168 Å². The number of aryl methyl sites for hydroxylation is 1. The van der Waals surface area contributed by atoms with Crippen molar-refractivity contribution in [3.05, 3.63) is 52.8 Å². The Hall–Kier alpha value is -2.60. The van der Waals surface area contributed by atoms with Gasteiger partial charge in [-0.05, 0) is 49.9 Å². The van der Waals surface area contributed by atoms with Gasteiger partial charge in [0.1, 0.15) is 5.52 Å². The second-order valence-electron chi connectivity index (χ2n) is 7.31. The van der Waals surface area contributed by atoms with Crippen molar-refractivity contribution in [2.75, 3.05) is 18.0 Å². The highest BCUT2D eigenvalue weighted by Crippen LogP contribution is 2.28. The molecular formula is C21H23ClN4O2. The molecule has 0 spiro atoms. The van der Waals surface area contributed by atoms with Gasteiger partial charge >= 0.3 is 0 Å². The Kier molecular flexibility index (Phi) is 5.48. The molecule has 1 aliphatic heterocycles. The Morgan fingerprint density at radius 2 is 2.21 bits per heavy atom. The SMILES string of the molecule is Cc1cccc(CNC(=O)CC2CCCN(c3nc4ccc(Cl)cc4o3)C2)n1. The van der Waals surface area contributed by atoms with Crippen LogP contribution >= 0.6 is 11.6 Å². The number of carbonyl (C=O) groups is 1. The van der Waals surface area contributed by atoms with Gasteiger partial charge in [-0.25, -0.2) is 0 Å². The summed E-state index contributed by atoms with van der Waals surface area (Å²) in [5.74, 6) is 0.331. The van der Waals surface area contributed by atoms with Crippen LogP contribution in [0.15, 0.2) is 40.8 Å². The van der Waals surface area contributed by atoms with Crippen LogP contribution in [0.3, 0.4) is 0 Å². The number of fused-ring (bicyclic) bond motifs is 1. The topological polar surface area (TPSA) is 71.3 Å². The minimum atomic E-state index is 0.0551. The highest BCUT2D eigenvalue weighted by Gasteiger charge is 2.25. The van der Waals surface area contributed by atoms with Crippen LogP contribution in [-0.4, -0.2) is 29.0 Å². The molecule has 1 fully saturated rings. The molecule has 0 aliphatic carbocycles. The maximum atomic E-state index is 12.4. The average molecular weight is 399 g/mol. The zero-order valence-corrected chi connectivity index (χ0v) is 16.6. The zero-order chi connectivity index (χ0) is 19.5. The van der Waals surface area contributed by atoms with Crippen molar-refractivity contribution in [1.82, 2.24) is 15.3 Å². The number of oxazole rings is 1. The highest BCUT2D eigenvalue weighted by molar-refractivity contribution is 6.31. The maximum Gasteiger partial charge on any atom is 0.298 e. The van der Waals surface area contributed by atoms with E-state index in [0.29, 0.717) is 29.6 Å². The van der Waals surface area contributed by atoms with Crippen LogP contribution in [-0.2, 0) is 11.3 Å². The lowest BCUT2D eigenvalue weighted by molar-refractivity contribution is -0.122. The Bertz CT molecular complexity index is 987. The van der Waals surface area contributed by atoms with Gasteiger partial charge < -0.3 is 14.6 Å². The summed E-state index contributed by atoms with van der Waals surface area (Å²) in [5, 5.41) is 3.61. The molecule has 6 nitrogen and oxygen atoms in total. The molecule has 1 amide bonds. The number of hydrogen-bond acceptors (Lipinski definition) is 5. The molecule has 0 saturated carbocycles. The standard InChI is InChI=1S/C21H23ClN4O2/c1-14-4-2-6-17(24-14)12-23-20(27)10-15-5-3-9-26(13-15)21-25-18-8-7-16(22)11-19(18)28-21/h2,4,6-8,11,15H,3,5,9-10,12-13H2,1H3,(H,23,27). The molecule has 1 atom stereocenters. The molecule has 0 radical (unpaired) electrons. The van der Waals surface area contributed by atoms with E-state index in [1.807, 2.05) is 37.3 Å². The summed E-state index contributed by atoms with van der Waals surface area (Å²) in [5.41, 5.74) is 3.32. The largest absolute Gasteiger partial charge is 0.423 e. The van der Waals surface area contributed by atoms with Gasteiger partial charge in [0.25, 0.3) is 6.01 Å². The van der Waals surface area contributed by atoms with Crippen LogP contribution in [0.25, 0.3) is 11.1 Å². The summed E-state index contributed by atoms with van der Waals surface area (Å²) >= 11 is 6.03. The average Bonchev–Trinajstić information content (AvgIpc) is 3.10. The first-order valence-corrected chi connectivity index (χ1v) is 9.95. The van der Waals surface area contributed by atoms with E-state index < -0.39 is 0 Å². The Morgan fingerprint density at radius 1 is 1.32 bits per heavy atom. The fraction of sp³-hybridized carbons (Fsp3) is 0.381. The van der Waals surface area contributed by atoms with Crippen molar-refractivity contribution in [3.63, 3.8) is 0 Å². The maximum absolute atomic E-state index is 12.4. The fourth-order valence-corrected chi connectivity index (χ4v) is 3.81. The van der Waals surface area contributed by atoms with Gasteiger partial charge in [0.2, 0.25) is 5.91 Å². The molecule has 1 aliphatic rings. The first-order valence-electron chi connectivity index (χ1n) is 9.57. The van der Waals surface area contributed by atoms with E-state index in [1.165, 1.54) is 0 Å². The number of nitrogens with one attached hydrogen (secondary N) is 1. The number of anilines is 1. The van der Waals surface area contributed by atoms with Gasteiger partial charge in [-0.15, -0.1) is 0 Å². The molecule has 4 rings (SSSR count). The van der Waals surface area contributed by atoms with E-state index in [0.717, 1.165) is 42.8 Å². The third-order valence-electron chi connectivity index (χ3n) is 5.02. The first-order chi connectivity index (χ1) is 13.6. The van der Waals surface area contributed by atoms with Crippen molar-refractivity contribution < 1.29 is 9.21 Å². The van der Waals surface area contributed by atoms with Gasteiger partial charge in [-0.1, -0.05) is 17.7 Å². The molecule has 3 heterocycles. The Balaban J connectivity index is 1.34. The van der Waals surface area contributed by atoms with E-state index in [1.54, 1.807) is 6.07 Å². The molecule has 146 valence electrons. The number of nitrogens with zero attached hydrogens (tertiary/aromatic N) is 3. The van der Waals surface area contributed by atoms with Gasteiger partial charge in [-0.2, -0.15) is 4.98 Å². The van der Waals surface area contributed by atoms with Gasteiger partial charge in [0.15, 0.2) is 5.58 Å². The second-order valence-corrected chi connectivity index (χ2v) is 7.75. The van der Waals surface area contributed by atoms with E-state index in [9.17, 15) is 4.79 Å². The van der Waals surface area contributed by atoms with Crippen LogP contribution < -0.4 is 10.2 Å². The normalized spacial score (nSPS) is 17.1. The van der Waals surface area contributed by atoms with Gasteiger partial charge in [0, 0.05) is 36.3 Å². The third kappa shape index (κ3) is 4.44. The monoisotopic (exact) mass is 398 g/mol. The molecule has 3 aromatic rings. The quantitative estimate of drug-likeness (QED) is 0.700. The molecule has 2 aromatic heterocycles. The van der Waals surface area contributed by atoms with Crippen molar-refractivity contribution in [2.45, 2.75) is 32.7 Å². The molecular weight excluding hydrogens is 376 g/mol. The summed E-state index contributed by atoms with van der Waals surface area (Å²) in [7, 11) is 0. The van der Waals surface area contributed by atoms with Crippen LogP contribution in [0, 0.1) is 12.8 Å². The molecule has 1 saturated heterocycles. The predicted octanol–water partition coefficient (Wildman–Crippen LogP) is 4.11. The van der Waals surface area contributed by atoms with Crippen molar-refractivity contribution in [1.29, 1.82) is 0 Å². The molecule has 28 heavy (non-hydrogen) atoms. The van der Waals surface area contributed by atoms with E-state index in [-0.39, 0.29) is 11.8 Å². The third-order valence-corrected chi connectivity index (χ3v) is 5.25. The number of hydrogen-bond donors (Lipinski definition) is 1. The number of aromatic nitrogens is 2. The van der Waals surface area contributed by atoms with Crippen LogP contribution in [0.4, 0.5) is 6.01 Å². The molecule has 0 bridgehead atoms. The smallest absolute Gasteiger partial charge is 0.298 e. The van der Waals surface area contributed by atoms with E-state index in [4.69, 9.17) is 16.0 Å². The van der Waals surface area contributed by atoms with Gasteiger partial charge in [0.05, 0.1) is 12.2 Å². The van der Waals surface area contributed by atoms with E-state index in [2.05, 4.69) is 20.2 Å². The van der Waals surface area contributed by atoms with Crippen LogP contribution in [0.1, 0.15) is 30.7 Å². The summed E-state index contributed by atoms with van der Waals surface area (Å²) in [6, 6.07) is 11.9. The summed E-state index contributed by atoms with van der Waals surface area (Å²) in [4.78, 5) is 23.5. The summed E-state index contributed by atoms with van der Waals surface area (Å²) in [6.07, 6.45) is 2.53. The number of halogens is 1. The lowest BCUT2D eigenvalue weighted by Gasteiger charge is -2.31. The van der Waals surface area contributed by atoms with Crippen molar-refractivity contribution in [3.8, 4) is 0 Å². The highest BCUT2D eigenvalue weighted by atomic mass is 35.5. The second kappa shape index (κ2) is 8.19. The first kappa shape index (κ1) is 18.7. The summed E-state index contributed by atoms with van der Waals surface area (Å²) < 4.78 is 5.88. The lowest BCUT2D eigenvalue weighted by Crippen LogP contribution is -2.38. The van der Waals surface area contributed by atoms with Crippen LogP contribution in [0.2, 0.25) is 5.02 Å². The zero-order valence-electron chi connectivity index (χ0n) is 15.8. The fourth-order valence-electron chi connectivity index (χ4n) is 3.65.